The summed E-state index contributed by atoms with van der Waals surface area (Å²) in [5.74, 6) is -0.535. The third-order valence-electron chi connectivity index (χ3n) is 7.30. The number of ether oxygens (including phenoxy) is 1. The molecule has 1 N–H and O–H groups in total. The van der Waals surface area contributed by atoms with Crippen molar-refractivity contribution in [1.29, 1.82) is 0 Å². The molecule has 162 valence electrons. The van der Waals surface area contributed by atoms with Crippen LogP contribution in [0, 0.1) is 17.8 Å². The van der Waals surface area contributed by atoms with Crippen molar-refractivity contribution in [1.82, 2.24) is 9.88 Å². The van der Waals surface area contributed by atoms with Gasteiger partial charge in [-0.25, -0.2) is 0 Å². The maximum absolute atomic E-state index is 12.7. The largest absolute Gasteiger partial charge is 0.469 e. The first-order valence-electron chi connectivity index (χ1n) is 10.7. The van der Waals surface area contributed by atoms with Crippen molar-refractivity contribution >= 4 is 27.0 Å². The Morgan fingerprint density at radius 1 is 1.23 bits per heavy atom. The third-order valence-corrected chi connectivity index (χ3v) is 7.89. The van der Waals surface area contributed by atoms with E-state index in [1.165, 1.54) is 23.8 Å². The predicted molar refractivity (Wildman–Crippen MR) is 112 cm³/mol. The highest BCUT2D eigenvalue weighted by atomic mass is 32.2. The van der Waals surface area contributed by atoms with Crippen LogP contribution in [0.15, 0.2) is 24.3 Å². The summed E-state index contributed by atoms with van der Waals surface area (Å²) in [5.41, 5.74) is 3.77. The average molecular weight is 433 g/mol. The summed E-state index contributed by atoms with van der Waals surface area (Å²) in [6, 6.07) is 8.59. The first kappa shape index (κ1) is 20.0. The van der Waals surface area contributed by atoms with Crippen molar-refractivity contribution in [2.45, 2.75) is 37.8 Å². The number of fused-ring (bicyclic) bond motifs is 6. The number of hydrogen-bond acceptors (Lipinski definition) is 6. The van der Waals surface area contributed by atoms with E-state index in [1.54, 1.807) is 0 Å². The number of H-pyrrole nitrogens is 1. The van der Waals surface area contributed by atoms with Gasteiger partial charge in [0.05, 0.1) is 31.4 Å². The van der Waals surface area contributed by atoms with Crippen LogP contribution in [-0.2, 0) is 30.3 Å². The molecule has 5 rings (SSSR count). The number of esters is 1. The van der Waals surface area contributed by atoms with Gasteiger partial charge in [-0.2, -0.15) is 8.42 Å². The van der Waals surface area contributed by atoms with Gasteiger partial charge in [0.15, 0.2) is 0 Å². The van der Waals surface area contributed by atoms with E-state index in [0.717, 1.165) is 44.1 Å². The Morgan fingerprint density at radius 2 is 2.03 bits per heavy atom. The molecule has 0 amide bonds. The van der Waals surface area contributed by atoms with Gasteiger partial charge in [-0.05, 0) is 49.1 Å². The molecule has 1 saturated carbocycles. The lowest BCUT2D eigenvalue weighted by molar-refractivity contribution is -0.158. The summed E-state index contributed by atoms with van der Waals surface area (Å²) in [7, 11) is -2.28. The van der Waals surface area contributed by atoms with Gasteiger partial charge in [0.1, 0.15) is 0 Å². The number of aromatic nitrogens is 1. The van der Waals surface area contributed by atoms with E-state index in [2.05, 4.69) is 28.1 Å². The van der Waals surface area contributed by atoms with Gasteiger partial charge in [-0.15, -0.1) is 0 Å². The van der Waals surface area contributed by atoms with Crippen LogP contribution in [0.1, 0.15) is 36.6 Å². The van der Waals surface area contributed by atoms with Crippen LogP contribution in [0.2, 0.25) is 0 Å². The maximum Gasteiger partial charge on any atom is 0.311 e. The van der Waals surface area contributed by atoms with Gasteiger partial charge in [0, 0.05) is 29.7 Å². The minimum atomic E-state index is -3.65. The van der Waals surface area contributed by atoms with E-state index in [1.807, 2.05) is 6.07 Å². The van der Waals surface area contributed by atoms with E-state index in [0.29, 0.717) is 12.3 Å². The molecular weight excluding hydrogens is 404 g/mol. The van der Waals surface area contributed by atoms with Crippen LogP contribution < -0.4 is 0 Å². The molecule has 0 unspecified atom stereocenters. The molecule has 2 aliphatic heterocycles. The molecular formula is C22H28N2O5S. The Hall–Kier alpha value is -1.90. The zero-order valence-corrected chi connectivity index (χ0v) is 18.2. The van der Waals surface area contributed by atoms with Crippen LogP contribution in [-0.4, -0.2) is 56.8 Å². The van der Waals surface area contributed by atoms with Gasteiger partial charge in [-0.3, -0.25) is 13.9 Å². The number of para-hydroxylation sites is 1. The van der Waals surface area contributed by atoms with E-state index in [9.17, 15) is 13.2 Å². The lowest BCUT2D eigenvalue weighted by Crippen LogP contribution is -2.54. The summed E-state index contributed by atoms with van der Waals surface area (Å²) < 4.78 is 34.1. The molecule has 2 aromatic rings. The summed E-state index contributed by atoms with van der Waals surface area (Å²) in [5, 5.41) is 1.28. The van der Waals surface area contributed by atoms with Gasteiger partial charge in [0.2, 0.25) is 0 Å². The molecule has 5 atom stereocenters. The lowest BCUT2D eigenvalue weighted by Gasteiger charge is -2.51. The topological polar surface area (TPSA) is 88.7 Å². The van der Waals surface area contributed by atoms with Crippen molar-refractivity contribution in [3.63, 3.8) is 0 Å². The third kappa shape index (κ3) is 3.35. The minimum absolute atomic E-state index is 0.0385. The van der Waals surface area contributed by atoms with Gasteiger partial charge in [-0.1, -0.05) is 18.2 Å². The quantitative estimate of drug-likeness (QED) is 0.593. The second kappa shape index (κ2) is 7.35. The number of carbonyl (C=O) groups is 1. The summed E-state index contributed by atoms with van der Waals surface area (Å²) in [6.45, 7) is 1.93. The van der Waals surface area contributed by atoms with Crippen molar-refractivity contribution in [3.05, 3.63) is 35.5 Å². The van der Waals surface area contributed by atoms with Gasteiger partial charge in [0.25, 0.3) is 10.1 Å². The molecule has 8 heteroatoms. The molecule has 1 aromatic heterocycles. The van der Waals surface area contributed by atoms with E-state index >= 15 is 0 Å². The number of aromatic amines is 1. The molecule has 1 aliphatic carbocycles. The van der Waals surface area contributed by atoms with Crippen molar-refractivity contribution in [2.24, 2.45) is 17.8 Å². The Kier molecular flexibility index (Phi) is 4.91. The zero-order valence-electron chi connectivity index (χ0n) is 17.3. The van der Waals surface area contributed by atoms with Crippen LogP contribution in [0.4, 0.5) is 0 Å². The average Bonchev–Trinajstić information content (AvgIpc) is 3.10. The fourth-order valence-corrected chi connectivity index (χ4v) is 6.78. The Balaban J connectivity index is 1.50. The van der Waals surface area contributed by atoms with E-state index < -0.39 is 22.1 Å². The van der Waals surface area contributed by atoms with E-state index in [4.69, 9.17) is 8.92 Å². The summed E-state index contributed by atoms with van der Waals surface area (Å²) >= 11 is 0. The normalized spacial score (nSPS) is 31.6. The fourth-order valence-electron chi connectivity index (χ4n) is 6.11. The van der Waals surface area contributed by atoms with Crippen molar-refractivity contribution in [2.75, 3.05) is 26.5 Å². The van der Waals surface area contributed by atoms with Crippen LogP contribution >= 0.6 is 0 Å². The highest BCUT2D eigenvalue weighted by Crippen LogP contribution is 2.50. The molecule has 1 saturated heterocycles. The van der Waals surface area contributed by atoms with Crippen LogP contribution in [0.3, 0.4) is 0 Å². The van der Waals surface area contributed by atoms with Crippen LogP contribution in [0.25, 0.3) is 10.9 Å². The number of rotatable bonds is 3. The molecule has 30 heavy (non-hydrogen) atoms. The summed E-state index contributed by atoms with van der Waals surface area (Å²) in [4.78, 5) is 18.9. The molecule has 7 nitrogen and oxygen atoms in total. The molecule has 0 radical (unpaired) electrons. The number of nitrogens with zero attached hydrogens (tertiary/aromatic N) is 1. The Labute approximate surface area is 176 Å². The summed E-state index contributed by atoms with van der Waals surface area (Å²) in [6.07, 6.45) is 3.65. The second-order valence-electron chi connectivity index (χ2n) is 8.95. The first-order valence-corrected chi connectivity index (χ1v) is 12.5. The minimum Gasteiger partial charge on any atom is -0.469 e. The van der Waals surface area contributed by atoms with Crippen molar-refractivity contribution in [3.8, 4) is 0 Å². The molecule has 1 aromatic carbocycles. The number of carbonyl (C=O) groups excluding carboxylic acids is 1. The highest BCUT2D eigenvalue weighted by Gasteiger charge is 2.51. The number of hydrogen-bond donors (Lipinski definition) is 1. The smallest absolute Gasteiger partial charge is 0.311 e. The van der Waals surface area contributed by atoms with Crippen LogP contribution in [0.5, 0.6) is 0 Å². The Bertz CT molecular complexity index is 1080. The second-order valence-corrected chi connectivity index (χ2v) is 10.5. The highest BCUT2D eigenvalue weighted by molar-refractivity contribution is 7.86. The Morgan fingerprint density at radius 3 is 2.80 bits per heavy atom. The predicted octanol–water partition coefficient (Wildman–Crippen LogP) is 2.63. The molecule has 2 fully saturated rings. The molecule has 3 aliphatic rings. The number of benzene rings is 1. The maximum atomic E-state index is 12.7. The lowest BCUT2D eigenvalue weighted by atomic mass is 9.65. The number of nitrogens with one attached hydrogen (secondary N) is 1. The first-order chi connectivity index (χ1) is 14.4. The molecule has 3 heterocycles. The zero-order chi connectivity index (χ0) is 21.0. The monoisotopic (exact) mass is 432 g/mol. The molecule has 0 bridgehead atoms. The van der Waals surface area contributed by atoms with Gasteiger partial charge >= 0.3 is 5.97 Å². The van der Waals surface area contributed by atoms with E-state index in [-0.39, 0.29) is 17.9 Å². The molecule has 0 spiro atoms. The van der Waals surface area contributed by atoms with Crippen molar-refractivity contribution < 1.29 is 22.1 Å². The number of methoxy groups -OCH3 is 1. The standard InChI is InChI=1S/C22H28N2O5S/c1-28-22(25)20-16-11-18-21-15(14-5-3-4-6-17(14)23-21)9-10-24(18)12-13(16)7-8-19(20)29-30(2,26)27/h3-6,13,16,18-20,23H,7-12H2,1-2H3/t13-,16-,18-,19-,20+/m0/s1. The van der Waals surface area contributed by atoms with Gasteiger partial charge < -0.3 is 9.72 Å². The number of piperidine rings is 1. The SMILES string of the molecule is COC(=O)[C@@H]1[C@H]2C[C@H]3c4[nH]c5ccccc5c4CCN3C[C@@H]2CC[C@@H]1OS(C)(=O)=O. The fraction of sp³-hybridized carbons (Fsp3) is 0.591.